The largest absolute Gasteiger partial charge is 0.463 e. The van der Waals surface area contributed by atoms with E-state index in [1.54, 1.807) is 0 Å². The molecule has 7 atom stereocenters. The summed E-state index contributed by atoms with van der Waals surface area (Å²) in [6.45, 7) is 5.24. The molecule has 0 spiro atoms. The van der Waals surface area contributed by atoms with Crippen molar-refractivity contribution in [3.8, 4) is 0 Å². The Morgan fingerprint density at radius 1 is 1.07 bits per heavy atom. The first kappa shape index (κ1) is 34.0. The average Bonchev–Trinajstić information content (AvgIpc) is 3.75. The number of epoxide rings is 1. The van der Waals surface area contributed by atoms with Crippen molar-refractivity contribution < 1.29 is 23.9 Å². The van der Waals surface area contributed by atoms with Gasteiger partial charge in [0.1, 0.15) is 0 Å². The molecular formula is C35H57N5O5. The number of carbonyl (C=O) groups excluding carboxylic acids is 3. The van der Waals surface area contributed by atoms with Gasteiger partial charge < -0.3 is 31.6 Å². The zero-order chi connectivity index (χ0) is 32.0. The van der Waals surface area contributed by atoms with E-state index in [4.69, 9.17) is 25.9 Å². The van der Waals surface area contributed by atoms with Crippen molar-refractivity contribution in [2.24, 2.45) is 34.2 Å². The molecule has 2 heterocycles. The minimum Gasteiger partial charge on any atom is -0.463 e. The monoisotopic (exact) mass is 627 g/mol. The van der Waals surface area contributed by atoms with Crippen LogP contribution in [0.25, 0.3) is 0 Å². The number of rotatable bonds is 13. The van der Waals surface area contributed by atoms with Gasteiger partial charge in [-0.2, -0.15) is 0 Å². The summed E-state index contributed by atoms with van der Waals surface area (Å²) in [5.41, 5.74) is 10.5. The predicted octanol–water partition coefficient (Wildman–Crippen LogP) is 4.19. The fraction of sp³-hybridized carbons (Fsp3) is 0.829. The number of hydrogen-bond donors (Lipinski definition) is 4. The van der Waals surface area contributed by atoms with E-state index in [1.165, 1.54) is 19.3 Å². The van der Waals surface area contributed by atoms with E-state index in [2.05, 4.69) is 17.6 Å². The lowest BCUT2D eigenvalue weighted by atomic mass is 9.61. The van der Waals surface area contributed by atoms with Crippen LogP contribution in [0.3, 0.4) is 0 Å². The summed E-state index contributed by atoms with van der Waals surface area (Å²) in [4.78, 5) is 46.4. The van der Waals surface area contributed by atoms with Crippen LogP contribution in [0.1, 0.15) is 123 Å². The summed E-state index contributed by atoms with van der Waals surface area (Å²) in [5, 5.41) is 6.87. The molecule has 0 radical (unpaired) electrons. The van der Waals surface area contributed by atoms with Crippen LogP contribution in [0.15, 0.2) is 16.6 Å². The maximum absolute atomic E-state index is 14.1. The van der Waals surface area contributed by atoms with E-state index < -0.39 is 23.1 Å². The van der Waals surface area contributed by atoms with Crippen LogP contribution in [0.5, 0.6) is 0 Å². The Bertz CT molecular complexity index is 1140. The van der Waals surface area contributed by atoms with E-state index in [9.17, 15) is 14.4 Å². The predicted molar refractivity (Wildman–Crippen MR) is 174 cm³/mol. The molecule has 0 aromatic rings. The highest BCUT2D eigenvalue weighted by atomic mass is 16.7. The second kappa shape index (κ2) is 15.1. The van der Waals surface area contributed by atoms with Crippen LogP contribution < -0.4 is 22.1 Å². The van der Waals surface area contributed by atoms with Gasteiger partial charge in [0.15, 0.2) is 23.1 Å². The number of carbonyl (C=O) groups is 3. The Labute approximate surface area is 269 Å². The molecule has 7 unspecified atom stereocenters. The number of nitrogens with one attached hydrogen (secondary N) is 2. The fourth-order valence-corrected chi connectivity index (χ4v) is 8.48. The van der Waals surface area contributed by atoms with Gasteiger partial charge in [-0.25, -0.2) is 4.79 Å². The Kier molecular flexibility index (Phi) is 11.4. The maximum atomic E-state index is 14.1. The molecule has 5 aliphatic rings. The number of fused-ring (bicyclic) bond motifs is 2. The first-order chi connectivity index (χ1) is 21.7. The van der Waals surface area contributed by atoms with Gasteiger partial charge >= 0.3 is 5.97 Å². The van der Waals surface area contributed by atoms with Crippen molar-refractivity contribution in [3.63, 3.8) is 0 Å². The minimum atomic E-state index is -1.80. The molecule has 252 valence electrons. The normalized spacial score (nSPS) is 34.9. The van der Waals surface area contributed by atoms with Crippen molar-refractivity contribution >= 4 is 23.5 Å². The molecule has 5 fully saturated rings. The topological polar surface area (TPSA) is 161 Å². The number of Topliss-reactive ketones (excluding diaryl/α,β-unsaturated/α-hetero) is 2. The molecule has 10 heteroatoms. The molecule has 10 nitrogen and oxygen atoms in total. The summed E-state index contributed by atoms with van der Waals surface area (Å²) in [6.07, 6.45) is 17.3. The van der Waals surface area contributed by atoms with Crippen molar-refractivity contribution in [2.45, 2.75) is 152 Å². The summed E-state index contributed by atoms with van der Waals surface area (Å²) in [7, 11) is 0. The van der Waals surface area contributed by atoms with Crippen molar-refractivity contribution in [1.82, 2.24) is 10.6 Å². The maximum Gasteiger partial charge on any atom is 0.349 e. The summed E-state index contributed by atoms with van der Waals surface area (Å²) in [5.74, 6) is -1.08. The highest BCUT2D eigenvalue weighted by molar-refractivity contribution is 6.23. The third-order valence-electron chi connectivity index (χ3n) is 11.1. The van der Waals surface area contributed by atoms with Gasteiger partial charge in [-0.3, -0.25) is 14.6 Å². The van der Waals surface area contributed by atoms with Gasteiger partial charge in [0.25, 0.3) is 5.60 Å². The van der Waals surface area contributed by atoms with E-state index in [-0.39, 0.29) is 48.8 Å². The van der Waals surface area contributed by atoms with Crippen molar-refractivity contribution in [3.05, 3.63) is 11.6 Å². The van der Waals surface area contributed by atoms with E-state index in [0.717, 1.165) is 76.3 Å². The molecule has 3 saturated carbocycles. The summed E-state index contributed by atoms with van der Waals surface area (Å²) in [6, 6.07) is 0.284. The van der Waals surface area contributed by atoms with Gasteiger partial charge in [0.2, 0.25) is 0 Å². The Morgan fingerprint density at radius 3 is 2.49 bits per heavy atom. The summed E-state index contributed by atoms with van der Waals surface area (Å²) < 4.78 is 11.8. The Hall–Kier alpha value is -2.30. The van der Waals surface area contributed by atoms with E-state index in [0.29, 0.717) is 31.1 Å². The van der Waals surface area contributed by atoms with Gasteiger partial charge in [0.05, 0.1) is 18.8 Å². The van der Waals surface area contributed by atoms with Gasteiger partial charge in [-0.1, -0.05) is 69.9 Å². The molecule has 5 rings (SSSR count). The van der Waals surface area contributed by atoms with Gasteiger partial charge in [0, 0.05) is 24.3 Å². The van der Waals surface area contributed by atoms with Crippen LogP contribution in [0.4, 0.5) is 0 Å². The van der Waals surface area contributed by atoms with Crippen LogP contribution >= 0.6 is 0 Å². The van der Waals surface area contributed by atoms with Gasteiger partial charge in [-0.05, 0) is 70.8 Å². The number of unbranched alkanes of at least 4 members (excludes halogenated alkanes) is 3. The van der Waals surface area contributed by atoms with Gasteiger partial charge in [-0.15, -0.1) is 0 Å². The molecule has 0 aromatic heterocycles. The number of nitrogens with two attached hydrogens (primary N) is 2. The number of nitrogens with zero attached hydrogens (tertiary/aromatic N) is 1. The number of esters is 1. The smallest absolute Gasteiger partial charge is 0.349 e. The third kappa shape index (κ3) is 7.33. The SMILES string of the molecule is CCCCCCOC(=O)C12OC1(CC=C(C)CC(NC(N)=NC1CCCCC1)C1CCNC(N)C1)C(=O)C1CCCCC1C2=O. The Balaban J connectivity index is 1.32. The standard InChI is InChI=1S/C35H57N5O5/c1-3-4-5-11-20-44-32(43)35-31(42)27-15-10-9-14-26(27)30(41)34(35,45-35)18-16-23(2)21-28(24-17-19-38-29(36)22-24)40-33(37)39-25-12-7-6-8-13-25/h16,24-29,38H,3-15,17-22,36H2,1-2H3,(H3,37,39,40). The first-order valence-corrected chi connectivity index (χ1v) is 17.9. The molecule has 0 bridgehead atoms. The second-order valence-electron chi connectivity index (χ2n) is 14.4. The molecule has 6 N–H and O–H groups in total. The number of piperidine rings is 1. The molecule has 2 saturated heterocycles. The van der Waals surface area contributed by atoms with Crippen LogP contribution in [0.2, 0.25) is 0 Å². The molecule has 2 aliphatic heterocycles. The van der Waals surface area contributed by atoms with E-state index in [1.807, 2.05) is 13.0 Å². The fourth-order valence-electron chi connectivity index (χ4n) is 8.48. The summed E-state index contributed by atoms with van der Waals surface area (Å²) >= 11 is 0. The number of ether oxygens (including phenoxy) is 2. The minimum absolute atomic E-state index is 0.0172. The lowest BCUT2D eigenvalue weighted by Gasteiger charge is -2.37. The number of ketones is 2. The zero-order valence-electron chi connectivity index (χ0n) is 27.6. The lowest BCUT2D eigenvalue weighted by molar-refractivity contribution is -0.158. The second-order valence-corrected chi connectivity index (χ2v) is 14.4. The van der Waals surface area contributed by atoms with Crippen LogP contribution in [-0.2, 0) is 23.9 Å². The average molecular weight is 628 g/mol. The molecule has 3 aliphatic carbocycles. The number of aliphatic imine (C=N–C) groups is 1. The van der Waals surface area contributed by atoms with Crippen molar-refractivity contribution in [2.75, 3.05) is 13.2 Å². The van der Waals surface area contributed by atoms with Crippen LogP contribution in [0, 0.1) is 17.8 Å². The Morgan fingerprint density at radius 2 is 1.78 bits per heavy atom. The quantitative estimate of drug-likeness (QED) is 0.0446. The van der Waals surface area contributed by atoms with E-state index >= 15 is 0 Å². The molecule has 45 heavy (non-hydrogen) atoms. The molecule has 0 amide bonds. The lowest BCUT2D eigenvalue weighted by Crippen LogP contribution is -2.58. The highest BCUT2D eigenvalue weighted by Crippen LogP contribution is 2.61. The van der Waals surface area contributed by atoms with Crippen molar-refractivity contribution in [1.29, 1.82) is 0 Å². The number of guanidine groups is 1. The van der Waals surface area contributed by atoms with Crippen LogP contribution in [-0.4, -0.2) is 66.1 Å². The third-order valence-corrected chi connectivity index (χ3v) is 11.1. The number of hydrogen-bond acceptors (Lipinski definition) is 8. The zero-order valence-corrected chi connectivity index (χ0v) is 27.6. The molecular weight excluding hydrogens is 570 g/mol. The molecule has 0 aromatic carbocycles. The highest BCUT2D eigenvalue weighted by Gasteiger charge is 2.86. The first-order valence-electron chi connectivity index (χ1n) is 17.9.